The number of hydrogen-bond donors (Lipinski definition) is 4. The monoisotopic (exact) mass is 503 g/mol. The molecule has 1 aliphatic heterocycles. The number of piperidine rings is 1. The molecule has 2 amide bonds. The number of carbonyl (C=O) groups is 2. The summed E-state index contributed by atoms with van der Waals surface area (Å²) >= 11 is 1.34. The molecule has 0 radical (unpaired) electrons. The van der Waals surface area contributed by atoms with E-state index >= 15 is 0 Å². The second-order valence-corrected chi connectivity index (χ2v) is 10.0. The van der Waals surface area contributed by atoms with E-state index in [2.05, 4.69) is 53.8 Å². The number of ether oxygens (including phenoxy) is 1. The van der Waals surface area contributed by atoms with E-state index in [-0.39, 0.29) is 23.2 Å². The summed E-state index contributed by atoms with van der Waals surface area (Å²) in [7, 11) is 1.63. The van der Waals surface area contributed by atoms with Gasteiger partial charge in [-0.1, -0.05) is 11.3 Å². The molecule has 188 valence electrons. The van der Waals surface area contributed by atoms with Crippen molar-refractivity contribution in [3.05, 3.63) is 24.3 Å². The summed E-state index contributed by atoms with van der Waals surface area (Å²) in [5.41, 5.74) is 0.886. The van der Waals surface area contributed by atoms with Gasteiger partial charge in [-0.25, -0.2) is 9.59 Å². The number of aromatic nitrogens is 2. The van der Waals surface area contributed by atoms with Crippen LogP contribution in [0.25, 0.3) is 10.6 Å². The zero-order chi connectivity index (χ0) is 25.7. The van der Waals surface area contributed by atoms with Crippen molar-refractivity contribution in [2.24, 2.45) is 0 Å². The minimum absolute atomic E-state index is 0.0238. The molecule has 34 heavy (non-hydrogen) atoms. The Morgan fingerprint density at radius 3 is 2.12 bits per heavy atom. The average molecular weight is 504 g/mol. The fourth-order valence-corrected chi connectivity index (χ4v) is 4.61. The van der Waals surface area contributed by atoms with Gasteiger partial charge in [0.05, 0.1) is 7.11 Å². The number of benzene rings is 1. The third-order valence-electron chi connectivity index (χ3n) is 4.75. The molecule has 0 saturated carbocycles. The normalized spacial score (nSPS) is 17.2. The van der Waals surface area contributed by atoms with Crippen molar-refractivity contribution in [2.75, 3.05) is 12.4 Å². The number of methoxy groups -OCH3 is 1. The predicted molar refractivity (Wildman–Crippen MR) is 122 cm³/mol. The summed E-state index contributed by atoms with van der Waals surface area (Å²) in [5, 5.41) is 26.1. The van der Waals surface area contributed by atoms with Crippen LogP contribution in [-0.2, 0) is 4.79 Å². The number of carboxylic acid groups (broad SMARTS) is 1. The summed E-state index contributed by atoms with van der Waals surface area (Å²) in [5.74, 6) is -1.97. The van der Waals surface area contributed by atoms with Crippen LogP contribution in [0.15, 0.2) is 24.3 Å². The second kappa shape index (κ2) is 10.6. The van der Waals surface area contributed by atoms with E-state index in [4.69, 9.17) is 14.6 Å². The van der Waals surface area contributed by atoms with Gasteiger partial charge in [-0.15, -0.1) is 10.2 Å². The Bertz CT molecular complexity index is 977. The highest BCUT2D eigenvalue weighted by Crippen LogP contribution is 2.30. The third kappa shape index (κ3) is 8.45. The van der Waals surface area contributed by atoms with Gasteiger partial charge >= 0.3 is 18.2 Å². The fraction of sp³-hybridized carbons (Fsp3) is 0.524. The molecular formula is C21H28F3N5O4S. The molecule has 0 bridgehead atoms. The summed E-state index contributed by atoms with van der Waals surface area (Å²) in [6.07, 6.45) is -3.34. The van der Waals surface area contributed by atoms with Gasteiger partial charge in [-0.05, 0) is 64.8 Å². The average Bonchev–Trinajstić information content (AvgIpc) is 3.13. The molecule has 2 heterocycles. The first kappa shape index (κ1) is 27.3. The lowest BCUT2D eigenvalue weighted by Gasteiger charge is -2.46. The number of carbonyl (C=O) groups excluding carboxylic acids is 1. The molecule has 13 heteroatoms. The van der Waals surface area contributed by atoms with Gasteiger partial charge in [0, 0.05) is 22.7 Å². The van der Waals surface area contributed by atoms with Gasteiger partial charge < -0.3 is 20.5 Å². The van der Waals surface area contributed by atoms with E-state index in [1.165, 1.54) is 11.3 Å². The standard InChI is InChI=1S/C19H27N5O2S.C2HF3O2/c1-18(2)10-13(11-19(3,4)24-18)20-16(25)21-17-23-22-15(27-17)12-6-8-14(26-5)9-7-12;3-2(4,5)1(6)7/h6-9,13,24H,10-11H2,1-5H3,(H2,20,21,23,25);(H,6,7). The molecule has 1 aromatic carbocycles. The van der Waals surface area contributed by atoms with E-state index in [0.29, 0.717) is 5.13 Å². The zero-order valence-electron chi connectivity index (χ0n) is 19.4. The van der Waals surface area contributed by atoms with Crippen molar-refractivity contribution < 1.29 is 32.6 Å². The zero-order valence-corrected chi connectivity index (χ0v) is 20.2. The van der Waals surface area contributed by atoms with Crippen LogP contribution >= 0.6 is 11.3 Å². The van der Waals surface area contributed by atoms with E-state index in [1.807, 2.05) is 24.3 Å². The Morgan fingerprint density at radius 1 is 1.12 bits per heavy atom. The third-order valence-corrected chi connectivity index (χ3v) is 5.64. The lowest BCUT2D eigenvalue weighted by atomic mass is 9.80. The summed E-state index contributed by atoms with van der Waals surface area (Å²) in [6, 6.07) is 7.44. The number of anilines is 1. The highest BCUT2D eigenvalue weighted by Gasteiger charge is 2.39. The summed E-state index contributed by atoms with van der Waals surface area (Å²) in [4.78, 5) is 21.3. The van der Waals surface area contributed by atoms with Crippen LogP contribution in [0.1, 0.15) is 40.5 Å². The minimum atomic E-state index is -5.08. The quantitative estimate of drug-likeness (QED) is 0.491. The number of nitrogens with one attached hydrogen (secondary N) is 3. The van der Waals surface area contributed by atoms with E-state index < -0.39 is 12.1 Å². The first-order chi connectivity index (χ1) is 15.6. The Labute approximate surface area is 199 Å². The number of alkyl halides is 3. The van der Waals surface area contributed by atoms with Gasteiger partial charge in [0.25, 0.3) is 0 Å². The van der Waals surface area contributed by atoms with Crippen LogP contribution in [0, 0.1) is 0 Å². The molecular weight excluding hydrogens is 475 g/mol. The number of carboxylic acids is 1. The number of amides is 2. The molecule has 4 N–H and O–H groups in total. The molecule has 9 nitrogen and oxygen atoms in total. The molecule has 0 atom stereocenters. The molecule has 1 aromatic heterocycles. The van der Waals surface area contributed by atoms with Crippen molar-refractivity contribution in [3.8, 4) is 16.3 Å². The number of hydrogen-bond acceptors (Lipinski definition) is 7. The Kier molecular flexibility index (Phi) is 8.48. The molecule has 0 unspecified atom stereocenters. The molecule has 2 aromatic rings. The molecule has 1 aliphatic rings. The number of nitrogens with zero attached hydrogens (tertiary/aromatic N) is 2. The highest BCUT2D eigenvalue weighted by atomic mass is 32.1. The van der Waals surface area contributed by atoms with E-state index in [9.17, 15) is 18.0 Å². The second-order valence-electron chi connectivity index (χ2n) is 9.04. The van der Waals surface area contributed by atoms with Crippen LogP contribution in [-0.4, -0.2) is 57.7 Å². The predicted octanol–water partition coefficient (Wildman–Crippen LogP) is 4.28. The topological polar surface area (TPSA) is 125 Å². The van der Waals surface area contributed by atoms with Crippen molar-refractivity contribution in [3.63, 3.8) is 0 Å². The first-order valence-electron chi connectivity index (χ1n) is 10.3. The largest absolute Gasteiger partial charge is 0.497 e. The van der Waals surface area contributed by atoms with E-state index in [0.717, 1.165) is 29.2 Å². The van der Waals surface area contributed by atoms with Gasteiger partial charge in [-0.3, -0.25) is 5.32 Å². The van der Waals surface area contributed by atoms with Gasteiger partial charge in [-0.2, -0.15) is 13.2 Å². The van der Waals surface area contributed by atoms with Crippen LogP contribution in [0.2, 0.25) is 0 Å². The Hall–Kier alpha value is -2.93. The van der Waals surface area contributed by atoms with Crippen molar-refractivity contribution in [2.45, 2.75) is 63.8 Å². The van der Waals surface area contributed by atoms with Gasteiger partial charge in [0.1, 0.15) is 10.8 Å². The van der Waals surface area contributed by atoms with Crippen LogP contribution in [0.3, 0.4) is 0 Å². The Balaban J connectivity index is 0.000000509. The Morgan fingerprint density at radius 2 is 1.65 bits per heavy atom. The molecule has 0 aliphatic carbocycles. The van der Waals surface area contributed by atoms with Crippen LogP contribution in [0.5, 0.6) is 5.75 Å². The maximum atomic E-state index is 12.4. The van der Waals surface area contributed by atoms with Crippen molar-refractivity contribution >= 4 is 28.5 Å². The summed E-state index contributed by atoms with van der Waals surface area (Å²) < 4.78 is 36.9. The number of rotatable bonds is 4. The fourth-order valence-electron chi connectivity index (χ4n) is 3.87. The maximum absolute atomic E-state index is 12.4. The SMILES string of the molecule is COc1ccc(-c2nnc(NC(=O)NC3CC(C)(C)NC(C)(C)C3)s2)cc1.O=C(O)C(F)(F)F. The van der Waals surface area contributed by atoms with E-state index in [1.54, 1.807) is 7.11 Å². The lowest BCUT2D eigenvalue weighted by Crippen LogP contribution is -2.62. The van der Waals surface area contributed by atoms with Gasteiger partial charge in [0.15, 0.2) is 0 Å². The molecule has 3 rings (SSSR count). The van der Waals surface area contributed by atoms with Crippen LogP contribution < -0.4 is 20.7 Å². The summed E-state index contributed by atoms with van der Waals surface area (Å²) in [6.45, 7) is 8.64. The highest BCUT2D eigenvalue weighted by molar-refractivity contribution is 7.18. The number of aliphatic carboxylic acids is 1. The number of halogens is 3. The lowest BCUT2D eigenvalue weighted by molar-refractivity contribution is -0.192. The number of urea groups is 1. The van der Waals surface area contributed by atoms with Crippen molar-refractivity contribution in [1.29, 1.82) is 0 Å². The van der Waals surface area contributed by atoms with Gasteiger partial charge in [0.2, 0.25) is 5.13 Å². The smallest absolute Gasteiger partial charge is 0.490 e. The van der Waals surface area contributed by atoms with Crippen molar-refractivity contribution in [1.82, 2.24) is 20.8 Å². The minimum Gasteiger partial charge on any atom is -0.497 e. The molecule has 0 spiro atoms. The molecule has 1 saturated heterocycles. The molecule has 1 fully saturated rings. The van der Waals surface area contributed by atoms with Crippen LogP contribution in [0.4, 0.5) is 23.1 Å². The maximum Gasteiger partial charge on any atom is 0.490 e. The first-order valence-corrected chi connectivity index (χ1v) is 11.1.